The molecule has 1 saturated heterocycles. The summed E-state index contributed by atoms with van der Waals surface area (Å²) >= 11 is 0. The molecule has 1 aliphatic heterocycles. The largest absolute Gasteiger partial charge is 0.377 e. The molecule has 1 aromatic heterocycles. The monoisotopic (exact) mass is 192 g/mol. The van der Waals surface area contributed by atoms with Gasteiger partial charge in [0.15, 0.2) is 0 Å². The van der Waals surface area contributed by atoms with Crippen LogP contribution >= 0.6 is 12.4 Å². The van der Waals surface area contributed by atoms with Gasteiger partial charge in [0.1, 0.15) is 0 Å². The summed E-state index contributed by atoms with van der Waals surface area (Å²) < 4.78 is 9.89. The Bertz CT molecular complexity index is 126. The molecule has 2 heterocycles. The highest BCUT2D eigenvalue weighted by molar-refractivity contribution is 5.85. The van der Waals surface area contributed by atoms with Gasteiger partial charge in [-0.15, -0.1) is 12.4 Å². The third-order valence-corrected chi connectivity index (χ3v) is 1.15. The van der Waals surface area contributed by atoms with Gasteiger partial charge in [0.2, 0.25) is 0 Å². The fraction of sp³-hybridized carbons (Fsp3) is 0.571. The molecule has 12 heavy (non-hydrogen) atoms. The van der Waals surface area contributed by atoms with Crippen LogP contribution in [0.2, 0.25) is 0 Å². The Morgan fingerprint density at radius 2 is 1.67 bits per heavy atom. The average molecular weight is 193 g/mol. The molecule has 1 N–H and O–H groups in total. The second-order valence-corrected chi connectivity index (χ2v) is 1.99. The van der Waals surface area contributed by atoms with E-state index in [0.717, 1.165) is 26.4 Å². The maximum atomic E-state index is 4.94. The predicted molar refractivity (Wildman–Crippen MR) is 47.5 cm³/mol. The zero-order valence-electron chi connectivity index (χ0n) is 6.73. The number of hydrogen-bond donors (Lipinski definition) is 1. The van der Waals surface area contributed by atoms with Crippen LogP contribution in [0.5, 0.6) is 0 Å². The fourth-order valence-electron chi connectivity index (χ4n) is 0.655. The van der Waals surface area contributed by atoms with Crippen LogP contribution in [0.15, 0.2) is 18.7 Å². The van der Waals surface area contributed by atoms with E-state index in [9.17, 15) is 0 Å². The van der Waals surface area contributed by atoms with Crippen LogP contribution in [0.3, 0.4) is 0 Å². The van der Waals surface area contributed by atoms with E-state index in [1.807, 2.05) is 0 Å². The highest BCUT2D eigenvalue weighted by Crippen LogP contribution is 1.85. The minimum absolute atomic E-state index is 0. The van der Waals surface area contributed by atoms with Gasteiger partial charge in [-0.05, 0) is 0 Å². The van der Waals surface area contributed by atoms with Gasteiger partial charge in [-0.2, -0.15) is 0 Å². The van der Waals surface area contributed by atoms with Crippen molar-refractivity contribution in [1.82, 2.24) is 9.97 Å². The Morgan fingerprint density at radius 1 is 1.08 bits per heavy atom. The summed E-state index contributed by atoms with van der Waals surface area (Å²) in [6, 6.07) is 0. The quantitative estimate of drug-likeness (QED) is 0.664. The van der Waals surface area contributed by atoms with Crippen molar-refractivity contribution < 1.29 is 9.47 Å². The topological polar surface area (TPSA) is 47.1 Å². The summed E-state index contributed by atoms with van der Waals surface area (Å²) in [5.41, 5.74) is 0. The molecule has 2 rings (SSSR count). The first-order chi connectivity index (χ1) is 5.50. The molecule has 0 unspecified atom stereocenters. The number of aromatic amines is 1. The first kappa shape index (κ1) is 11.4. The van der Waals surface area contributed by atoms with Crippen molar-refractivity contribution in [2.75, 3.05) is 26.4 Å². The Kier molecular flexibility index (Phi) is 8.10. The summed E-state index contributed by atoms with van der Waals surface area (Å²) in [4.78, 5) is 6.42. The summed E-state index contributed by atoms with van der Waals surface area (Å²) in [7, 11) is 0. The first-order valence-corrected chi connectivity index (χ1v) is 3.58. The third kappa shape index (κ3) is 6.15. The number of ether oxygens (including phenoxy) is 2. The molecule has 0 aromatic carbocycles. The minimum Gasteiger partial charge on any atom is -0.377 e. The highest BCUT2D eigenvalue weighted by atomic mass is 35.5. The van der Waals surface area contributed by atoms with Crippen molar-refractivity contribution in [3.8, 4) is 0 Å². The standard InChI is InChI=1S/C4H8O2.C3H4N2.ClH/c1-2-6-4-3-5-1;1-2-5-3-4-1;/h1-4H2;1-3H,(H,4,5);1H. The van der Waals surface area contributed by atoms with E-state index in [1.165, 1.54) is 0 Å². The van der Waals surface area contributed by atoms with Gasteiger partial charge < -0.3 is 14.5 Å². The average Bonchev–Trinajstić information content (AvgIpc) is 2.64. The Balaban J connectivity index is 0.000000189. The first-order valence-electron chi connectivity index (χ1n) is 3.58. The van der Waals surface area contributed by atoms with Crippen molar-refractivity contribution >= 4 is 12.4 Å². The van der Waals surface area contributed by atoms with Gasteiger partial charge in [0.25, 0.3) is 0 Å². The number of aromatic nitrogens is 2. The molecule has 1 aliphatic rings. The van der Waals surface area contributed by atoms with E-state index >= 15 is 0 Å². The summed E-state index contributed by atoms with van der Waals surface area (Å²) in [6.45, 7) is 3.11. The third-order valence-electron chi connectivity index (χ3n) is 1.15. The van der Waals surface area contributed by atoms with Crippen molar-refractivity contribution in [3.05, 3.63) is 18.7 Å². The van der Waals surface area contributed by atoms with E-state index in [-0.39, 0.29) is 12.4 Å². The molecule has 4 nitrogen and oxygen atoms in total. The summed E-state index contributed by atoms with van der Waals surface area (Å²) in [5, 5.41) is 0. The van der Waals surface area contributed by atoms with E-state index in [4.69, 9.17) is 9.47 Å². The van der Waals surface area contributed by atoms with Crippen LogP contribution in [0.1, 0.15) is 0 Å². The molecule has 0 radical (unpaired) electrons. The number of rotatable bonds is 0. The number of H-pyrrole nitrogens is 1. The Labute approximate surface area is 77.7 Å². The van der Waals surface area contributed by atoms with Gasteiger partial charge >= 0.3 is 0 Å². The molecule has 0 bridgehead atoms. The number of hydrogen-bond acceptors (Lipinski definition) is 3. The molecule has 0 aliphatic carbocycles. The van der Waals surface area contributed by atoms with Crippen LogP contribution in [-0.4, -0.2) is 36.4 Å². The SMILES string of the molecule is C1COCCO1.Cl.c1c[nH]cn1. The second kappa shape index (κ2) is 8.52. The lowest BCUT2D eigenvalue weighted by Crippen LogP contribution is -2.16. The normalized spacial score (nSPS) is 15.3. The highest BCUT2D eigenvalue weighted by Gasteiger charge is 1.94. The summed E-state index contributed by atoms with van der Waals surface area (Å²) in [6.07, 6.45) is 5.08. The van der Waals surface area contributed by atoms with Gasteiger partial charge in [-0.25, -0.2) is 4.98 Å². The molecule has 0 atom stereocenters. The Hall–Kier alpha value is -0.580. The van der Waals surface area contributed by atoms with Crippen molar-refractivity contribution in [2.24, 2.45) is 0 Å². The van der Waals surface area contributed by atoms with Gasteiger partial charge in [-0.3, -0.25) is 0 Å². The summed E-state index contributed by atoms with van der Waals surface area (Å²) in [5.74, 6) is 0. The van der Waals surface area contributed by atoms with Crippen LogP contribution in [0, 0.1) is 0 Å². The molecule has 70 valence electrons. The van der Waals surface area contributed by atoms with Gasteiger partial charge in [0.05, 0.1) is 32.8 Å². The molecular formula is C7H13ClN2O2. The minimum atomic E-state index is 0. The van der Waals surface area contributed by atoms with Crippen molar-refractivity contribution in [2.45, 2.75) is 0 Å². The number of halogens is 1. The zero-order chi connectivity index (χ0) is 7.78. The number of nitrogens with one attached hydrogen (secondary N) is 1. The molecule has 0 saturated carbocycles. The zero-order valence-corrected chi connectivity index (χ0v) is 7.55. The predicted octanol–water partition coefficient (Wildman–Crippen LogP) is 0.865. The number of nitrogens with zero attached hydrogens (tertiary/aromatic N) is 1. The van der Waals surface area contributed by atoms with Crippen molar-refractivity contribution in [1.29, 1.82) is 0 Å². The van der Waals surface area contributed by atoms with Crippen molar-refractivity contribution in [3.63, 3.8) is 0 Å². The molecule has 0 amide bonds. The van der Waals surface area contributed by atoms with Gasteiger partial charge in [-0.1, -0.05) is 0 Å². The van der Waals surface area contributed by atoms with Crippen LogP contribution in [0.4, 0.5) is 0 Å². The van der Waals surface area contributed by atoms with E-state index < -0.39 is 0 Å². The second-order valence-electron chi connectivity index (χ2n) is 1.99. The van der Waals surface area contributed by atoms with Gasteiger partial charge in [0, 0.05) is 12.4 Å². The molecule has 1 aromatic rings. The lowest BCUT2D eigenvalue weighted by Gasteiger charge is -2.09. The Morgan fingerprint density at radius 3 is 1.83 bits per heavy atom. The fourth-order valence-corrected chi connectivity index (χ4v) is 0.655. The molecule has 1 fully saturated rings. The van der Waals surface area contributed by atoms with Crippen LogP contribution in [0.25, 0.3) is 0 Å². The number of imidazole rings is 1. The van der Waals surface area contributed by atoms with E-state index in [2.05, 4.69) is 9.97 Å². The maximum absolute atomic E-state index is 4.94. The lowest BCUT2D eigenvalue weighted by molar-refractivity contribution is -0.0334. The van der Waals surface area contributed by atoms with Crippen LogP contribution in [-0.2, 0) is 9.47 Å². The molecular weight excluding hydrogens is 180 g/mol. The molecule has 5 heteroatoms. The van der Waals surface area contributed by atoms with E-state index in [0.29, 0.717) is 0 Å². The lowest BCUT2D eigenvalue weighted by atomic mass is 10.6. The maximum Gasteiger partial charge on any atom is 0.0919 e. The van der Waals surface area contributed by atoms with Crippen LogP contribution < -0.4 is 0 Å². The molecule has 0 spiro atoms. The van der Waals surface area contributed by atoms with E-state index in [1.54, 1.807) is 18.7 Å². The smallest absolute Gasteiger partial charge is 0.0919 e.